The van der Waals surface area contributed by atoms with Crippen LogP contribution in [0.2, 0.25) is 0 Å². The van der Waals surface area contributed by atoms with Gasteiger partial charge in [0.2, 0.25) is 11.8 Å². The van der Waals surface area contributed by atoms with E-state index < -0.39 is 12.3 Å². The van der Waals surface area contributed by atoms with Crippen LogP contribution in [0.4, 0.5) is 8.78 Å². The summed E-state index contributed by atoms with van der Waals surface area (Å²) in [6, 6.07) is 3.29. The maximum atomic E-state index is 12.4. The average molecular weight is 305 g/mol. The van der Waals surface area contributed by atoms with Crippen LogP contribution in [0.1, 0.15) is 18.0 Å². The second kappa shape index (κ2) is 6.20. The molecule has 0 aliphatic heterocycles. The van der Waals surface area contributed by atoms with Crippen molar-refractivity contribution < 1.29 is 17.9 Å². The van der Waals surface area contributed by atoms with E-state index in [1.165, 1.54) is 24.8 Å². The summed E-state index contributed by atoms with van der Waals surface area (Å²) in [7, 11) is 0. The lowest BCUT2D eigenvalue weighted by Crippen LogP contribution is -1.99. The highest BCUT2D eigenvalue weighted by molar-refractivity contribution is 5.50. The first-order valence-electron chi connectivity index (χ1n) is 6.18. The maximum Gasteiger partial charge on any atom is 0.314 e. The minimum Gasteiger partial charge on any atom is -0.470 e. The van der Waals surface area contributed by atoms with E-state index in [9.17, 15) is 8.78 Å². The van der Waals surface area contributed by atoms with Crippen LogP contribution in [0, 0.1) is 0 Å². The van der Waals surface area contributed by atoms with Crippen molar-refractivity contribution in [2.24, 2.45) is 0 Å². The SMILES string of the molecule is FC(F)c1nnc(-c2ccc(COc3cnccn3)nc2)o1. The van der Waals surface area contributed by atoms with Crippen molar-refractivity contribution in [3.8, 4) is 17.3 Å². The summed E-state index contributed by atoms with van der Waals surface area (Å²) < 4.78 is 35.0. The van der Waals surface area contributed by atoms with E-state index >= 15 is 0 Å². The van der Waals surface area contributed by atoms with Gasteiger partial charge in [-0.05, 0) is 12.1 Å². The minimum absolute atomic E-state index is 0.0100. The number of hydrogen-bond acceptors (Lipinski definition) is 7. The predicted molar refractivity (Wildman–Crippen MR) is 68.9 cm³/mol. The average Bonchev–Trinajstić information content (AvgIpc) is 3.05. The Hall–Kier alpha value is -2.97. The lowest BCUT2D eigenvalue weighted by atomic mass is 10.2. The summed E-state index contributed by atoms with van der Waals surface area (Å²) in [4.78, 5) is 12.0. The van der Waals surface area contributed by atoms with Crippen molar-refractivity contribution in [2.45, 2.75) is 13.0 Å². The van der Waals surface area contributed by atoms with E-state index in [1.807, 2.05) is 0 Å². The van der Waals surface area contributed by atoms with Crippen LogP contribution >= 0.6 is 0 Å². The van der Waals surface area contributed by atoms with E-state index in [0.29, 0.717) is 17.1 Å². The van der Waals surface area contributed by atoms with Crippen LogP contribution in [-0.2, 0) is 6.61 Å². The van der Waals surface area contributed by atoms with Gasteiger partial charge in [-0.2, -0.15) is 8.78 Å². The summed E-state index contributed by atoms with van der Waals surface area (Å²) in [5, 5.41) is 6.80. The van der Waals surface area contributed by atoms with Crippen LogP contribution in [-0.4, -0.2) is 25.1 Å². The van der Waals surface area contributed by atoms with Gasteiger partial charge >= 0.3 is 6.43 Å². The molecule has 0 unspecified atom stereocenters. The van der Waals surface area contributed by atoms with Crippen LogP contribution < -0.4 is 4.74 Å². The Morgan fingerprint density at radius 1 is 1.09 bits per heavy atom. The fourth-order valence-electron chi connectivity index (χ4n) is 1.58. The Bertz CT molecular complexity index is 734. The Labute approximate surface area is 123 Å². The van der Waals surface area contributed by atoms with Gasteiger partial charge in [-0.1, -0.05) is 0 Å². The highest BCUT2D eigenvalue weighted by atomic mass is 19.3. The van der Waals surface area contributed by atoms with Crippen molar-refractivity contribution in [1.29, 1.82) is 0 Å². The number of hydrogen-bond donors (Lipinski definition) is 0. The molecular formula is C13H9F2N5O2. The van der Waals surface area contributed by atoms with Gasteiger partial charge in [-0.3, -0.25) is 9.97 Å². The monoisotopic (exact) mass is 305 g/mol. The Kier molecular flexibility index (Phi) is 3.95. The van der Waals surface area contributed by atoms with Gasteiger partial charge in [0.05, 0.1) is 17.5 Å². The molecule has 0 atom stereocenters. The van der Waals surface area contributed by atoms with Gasteiger partial charge in [0.15, 0.2) is 0 Å². The van der Waals surface area contributed by atoms with Gasteiger partial charge in [0.25, 0.3) is 5.89 Å². The zero-order valence-corrected chi connectivity index (χ0v) is 11.1. The Balaban J connectivity index is 1.67. The van der Waals surface area contributed by atoms with Gasteiger partial charge in [-0.15, -0.1) is 10.2 Å². The van der Waals surface area contributed by atoms with E-state index in [-0.39, 0.29) is 12.5 Å². The van der Waals surface area contributed by atoms with Crippen LogP contribution in [0.25, 0.3) is 11.5 Å². The van der Waals surface area contributed by atoms with Crippen LogP contribution in [0.15, 0.2) is 41.3 Å². The number of aromatic nitrogens is 5. The molecule has 0 aliphatic carbocycles. The third-order valence-electron chi connectivity index (χ3n) is 2.61. The molecule has 0 aliphatic rings. The van der Waals surface area contributed by atoms with Crippen LogP contribution in [0.5, 0.6) is 5.88 Å². The molecule has 3 heterocycles. The number of nitrogens with zero attached hydrogens (tertiary/aromatic N) is 5. The molecule has 3 aromatic heterocycles. The molecule has 22 heavy (non-hydrogen) atoms. The molecule has 7 nitrogen and oxygen atoms in total. The number of rotatable bonds is 5. The number of halogens is 2. The lowest BCUT2D eigenvalue weighted by Gasteiger charge is -2.04. The van der Waals surface area contributed by atoms with Gasteiger partial charge in [-0.25, -0.2) is 4.98 Å². The summed E-state index contributed by atoms with van der Waals surface area (Å²) in [5.74, 6) is -0.346. The largest absolute Gasteiger partial charge is 0.470 e. The highest BCUT2D eigenvalue weighted by Gasteiger charge is 2.17. The summed E-state index contributed by atoms with van der Waals surface area (Å²) in [6.07, 6.45) is 3.19. The first-order valence-corrected chi connectivity index (χ1v) is 6.18. The molecule has 0 bridgehead atoms. The molecular weight excluding hydrogens is 296 g/mol. The van der Waals surface area contributed by atoms with E-state index in [2.05, 4.69) is 25.1 Å². The molecule has 112 valence electrons. The number of ether oxygens (including phenoxy) is 1. The Morgan fingerprint density at radius 2 is 2.00 bits per heavy atom. The molecule has 0 fully saturated rings. The number of alkyl halides is 2. The third-order valence-corrected chi connectivity index (χ3v) is 2.61. The smallest absolute Gasteiger partial charge is 0.314 e. The zero-order chi connectivity index (χ0) is 15.4. The first kappa shape index (κ1) is 14.0. The van der Waals surface area contributed by atoms with Gasteiger partial charge < -0.3 is 9.15 Å². The topological polar surface area (TPSA) is 86.8 Å². The maximum absolute atomic E-state index is 12.4. The van der Waals surface area contributed by atoms with Crippen molar-refractivity contribution in [2.75, 3.05) is 0 Å². The zero-order valence-electron chi connectivity index (χ0n) is 11.1. The van der Waals surface area contributed by atoms with E-state index in [0.717, 1.165) is 0 Å². The van der Waals surface area contributed by atoms with E-state index in [4.69, 9.17) is 9.15 Å². The molecule has 0 saturated carbocycles. The fraction of sp³-hybridized carbons (Fsp3) is 0.154. The Morgan fingerprint density at radius 3 is 2.64 bits per heavy atom. The fourth-order valence-corrected chi connectivity index (χ4v) is 1.58. The molecule has 0 radical (unpaired) electrons. The predicted octanol–water partition coefficient (Wildman–Crippen LogP) is 2.44. The molecule has 9 heteroatoms. The summed E-state index contributed by atoms with van der Waals surface area (Å²) >= 11 is 0. The molecule has 0 N–H and O–H groups in total. The quantitative estimate of drug-likeness (QED) is 0.715. The highest BCUT2D eigenvalue weighted by Crippen LogP contribution is 2.22. The lowest BCUT2D eigenvalue weighted by molar-refractivity contribution is 0.116. The summed E-state index contributed by atoms with van der Waals surface area (Å²) in [5.41, 5.74) is 1.07. The first-order chi connectivity index (χ1) is 10.7. The minimum atomic E-state index is -2.80. The normalized spacial score (nSPS) is 10.9. The molecule has 0 aromatic carbocycles. The molecule has 0 amide bonds. The molecule has 3 aromatic rings. The summed E-state index contributed by atoms with van der Waals surface area (Å²) in [6.45, 7) is 0.199. The number of pyridine rings is 1. The van der Waals surface area contributed by atoms with Crippen molar-refractivity contribution in [3.05, 3.63) is 48.5 Å². The standard InChI is InChI=1S/C13H9F2N5O2/c14-11(15)13-20-19-12(22-13)8-1-2-9(18-5-8)7-21-10-6-16-3-4-17-10/h1-6,11H,7H2. The van der Waals surface area contributed by atoms with Crippen molar-refractivity contribution in [3.63, 3.8) is 0 Å². The molecule has 3 rings (SSSR count). The third kappa shape index (κ3) is 3.19. The van der Waals surface area contributed by atoms with Gasteiger partial charge in [0, 0.05) is 18.6 Å². The van der Waals surface area contributed by atoms with E-state index in [1.54, 1.807) is 12.1 Å². The molecule has 0 spiro atoms. The molecule has 0 saturated heterocycles. The van der Waals surface area contributed by atoms with Crippen molar-refractivity contribution in [1.82, 2.24) is 25.1 Å². The second-order valence-corrected chi connectivity index (χ2v) is 4.12. The van der Waals surface area contributed by atoms with Crippen LogP contribution in [0.3, 0.4) is 0 Å². The second-order valence-electron chi connectivity index (χ2n) is 4.12. The van der Waals surface area contributed by atoms with Gasteiger partial charge in [0.1, 0.15) is 6.61 Å². The van der Waals surface area contributed by atoms with Crippen molar-refractivity contribution >= 4 is 0 Å².